The number of ether oxygens (including phenoxy) is 1. The number of hydrogen-bond donors (Lipinski definition) is 1. The van der Waals surface area contributed by atoms with Crippen molar-refractivity contribution in [3.8, 4) is 0 Å². The zero-order chi connectivity index (χ0) is 13.8. The third-order valence-corrected chi connectivity index (χ3v) is 3.92. The Morgan fingerprint density at radius 3 is 2.63 bits per heavy atom. The standard InChI is InChI=1S/C16H26N2O/c1-4-15-11-19-6-5-18(15)10-16(17)14-8-12(2)7-13(3)9-14/h7-9,15-16H,4-6,10-11,17H2,1-3H3. The monoisotopic (exact) mass is 262 g/mol. The highest BCUT2D eigenvalue weighted by atomic mass is 16.5. The summed E-state index contributed by atoms with van der Waals surface area (Å²) in [4.78, 5) is 2.48. The molecule has 1 aliphatic heterocycles. The maximum atomic E-state index is 6.40. The van der Waals surface area contributed by atoms with Crippen LogP contribution in [0.3, 0.4) is 0 Å². The van der Waals surface area contributed by atoms with Crippen LogP contribution in [0.25, 0.3) is 0 Å². The maximum absolute atomic E-state index is 6.40. The van der Waals surface area contributed by atoms with Crippen LogP contribution in [0.15, 0.2) is 18.2 Å². The lowest BCUT2D eigenvalue weighted by molar-refractivity contribution is -0.0110. The number of rotatable bonds is 4. The van der Waals surface area contributed by atoms with E-state index in [1.807, 2.05) is 0 Å². The predicted octanol–water partition coefficient (Wildman–Crippen LogP) is 2.41. The molecule has 1 aromatic rings. The zero-order valence-corrected chi connectivity index (χ0v) is 12.4. The van der Waals surface area contributed by atoms with Gasteiger partial charge < -0.3 is 10.5 Å². The van der Waals surface area contributed by atoms with E-state index in [0.717, 1.165) is 32.7 Å². The van der Waals surface area contributed by atoms with E-state index in [9.17, 15) is 0 Å². The first kappa shape index (κ1) is 14.5. The number of aryl methyl sites for hydroxylation is 2. The molecule has 1 aromatic carbocycles. The van der Waals surface area contributed by atoms with Crippen molar-refractivity contribution < 1.29 is 4.74 Å². The Hall–Kier alpha value is -0.900. The van der Waals surface area contributed by atoms with Gasteiger partial charge in [0, 0.05) is 25.2 Å². The van der Waals surface area contributed by atoms with Gasteiger partial charge in [-0.3, -0.25) is 4.90 Å². The molecule has 3 nitrogen and oxygen atoms in total. The van der Waals surface area contributed by atoms with Crippen LogP contribution in [0, 0.1) is 13.8 Å². The summed E-state index contributed by atoms with van der Waals surface area (Å²) in [6.07, 6.45) is 1.12. The fourth-order valence-electron chi connectivity index (χ4n) is 2.89. The molecule has 2 atom stereocenters. The van der Waals surface area contributed by atoms with Crippen LogP contribution >= 0.6 is 0 Å². The van der Waals surface area contributed by atoms with E-state index in [-0.39, 0.29) is 6.04 Å². The van der Waals surface area contributed by atoms with Gasteiger partial charge in [-0.2, -0.15) is 0 Å². The quantitative estimate of drug-likeness (QED) is 0.905. The summed E-state index contributed by atoms with van der Waals surface area (Å²) in [6, 6.07) is 7.22. The summed E-state index contributed by atoms with van der Waals surface area (Å²) in [6.45, 7) is 10.1. The van der Waals surface area contributed by atoms with Gasteiger partial charge in [0.15, 0.2) is 0 Å². The van der Waals surface area contributed by atoms with Crippen LogP contribution in [0.4, 0.5) is 0 Å². The minimum atomic E-state index is 0.0887. The first-order valence-corrected chi connectivity index (χ1v) is 7.25. The minimum absolute atomic E-state index is 0.0887. The van der Waals surface area contributed by atoms with Crippen molar-refractivity contribution in [2.45, 2.75) is 39.3 Å². The summed E-state index contributed by atoms with van der Waals surface area (Å²) in [5.74, 6) is 0. The molecule has 2 rings (SSSR count). The van der Waals surface area contributed by atoms with Gasteiger partial charge in [-0.1, -0.05) is 36.2 Å². The summed E-state index contributed by atoms with van der Waals surface area (Å²) < 4.78 is 5.55. The molecule has 1 aliphatic rings. The molecule has 1 fully saturated rings. The SMILES string of the molecule is CCC1COCCN1CC(N)c1cc(C)cc(C)c1. The first-order chi connectivity index (χ1) is 9.10. The molecule has 0 aliphatic carbocycles. The molecule has 19 heavy (non-hydrogen) atoms. The van der Waals surface area contributed by atoms with Crippen LogP contribution in [0.2, 0.25) is 0 Å². The van der Waals surface area contributed by atoms with Crippen molar-refractivity contribution in [1.29, 1.82) is 0 Å². The van der Waals surface area contributed by atoms with Gasteiger partial charge >= 0.3 is 0 Å². The third kappa shape index (κ3) is 3.78. The van der Waals surface area contributed by atoms with Gasteiger partial charge in [0.1, 0.15) is 0 Å². The number of benzene rings is 1. The molecule has 3 heteroatoms. The van der Waals surface area contributed by atoms with Crippen LogP contribution < -0.4 is 5.73 Å². The molecule has 1 heterocycles. The molecule has 0 aromatic heterocycles. The molecule has 0 radical (unpaired) electrons. The van der Waals surface area contributed by atoms with E-state index < -0.39 is 0 Å². The first-order valence-electron chi connectivity index (χ1n) is 7.25. The van der Waals surface area contributed by atoms with Crippen molar-refractivity contribution in [1.82, 2.24) is 4.90 Å². The molecule has 1 saturated heterocycles. The Kier molecular flexibility index (Phi) is 4.97. The normalized spacial score (nSPS) is 22.4. The average molecular weight is 262 g/mol. The zero-order valence-electron chi connectivity index (χ0n) is 12.4. The lowest BCUT2D eigenvalue weighted by Gasteiger charge is -2.36. The van der Waals surface area contributed by atoms with E-state index in [1.165, 1.54) is 16.7 Å². The highest BCUT2D eigenvalue weighted by molar-refractivity contribution is 5.30. The second-order valence-electron chi connectivity index (χ2n) is 5.66. The number of nitrogens with zero attached hydrogens (tertiary/aromatic N) is 1. The highest BCUT2D eigenvalue weighted by Gasteiger charge is 2.23. The molecular formula is C16H26N2O. The van der Waals surface area contributed by atoms with Crippen LogP contribution in [-0.4, -0.2) is 37.2 Å². The second-order valence-corrected chi connectivity index (χ2v) is 5.66. The minimum Gasteiger partial charge on any atom is -0.378 e. The third-order valence-electron chi connectivity index (χ3n) is 3.92. The predicted molar refractivity (Wildman–Crippen MR) is 79.3 cm³/mol. The Bertz CT molecular complexity index is 399. The van der Waals surface area contributed by atoms with Crippen molar-refractivity contribution >= 4 is 0 Å². The van der Waals surface area contributed by atoms with Crippen LogP contribution in [0.1, 0.15) is 36.1 Å². The smallest absolute Gasteiger partial charge is 0.0622 e. The highest BCUT2D eigenvalue weighted by Crippen LogP contribution is 2.19. The van der Waals surface area contributed by atoms with E-state index in [4.69, 9.17) is 10.5 Å². The van der Waals surface area contributed by atoms with E-state index in [2.05, 4.69) is 43.9 Å². The van der Waals surface area contributed by atoms with Gasteiger partial charge in [-0.15, -0.1) is 0 Å². The molecule has 0 amide bonds. The van der Waals surface area contributed by atoms with Gasteiger partial charge in [0.25, 0.3) is 0 Å². The topological polar surface area (TPSA) is 38.5 Å². The second kappa shape index (κ2) is 6.51. The number of hydrogen-bond acceptors (Lipinski definition) is 3. The van der Waals surface area contributed by atoms with Crippen molar-refractivity contribution in [2.75, 3.05) is 26.3 Å². The Labute approximate surface area is 116 Å². The van der Waals surface area contributed by atoms with Crippen molar-refractivity contribution in [2.24, 2.45) is 5.73 Å². The number of morpholine rings is 1. The Balaban J connectivity index is 2.04. The Morgan fingerprint density at radius 1 is 1.32 bits per heavy atom. The van der Waals surface area contributed by atoms with Crippen LogP contribution in [-0.2, 0) is 4.74 Å². The fraction of sp³-hybridized carbons (Fsp3) is 0.625. The number of nitrogens with two attached hydrogens (primary N) is 1. The van der Waals surface area contributed by atoms with E-state index in [0.29, 0.717) is 6.04 Å². The Morgan fingerprint density at radius 2 is 2.00 bits per heavy atom. The maximum Gasteiger partial charge on any atom is 0.0622 e. The van der Waals surface area contributed by atoms with Gasteiger partial charge in [0.05, 0.1) is 13.2 Å². The van der Waals surface area contributed by atoms with E-state index >= 15 is 0 Å². The summed E-state index contributed by atoms with van der Waals surface area (Å²) in [5, 5.41) is 0. The van der Waals surface area contributed by atoms with E-state index in [1.54, 1.807) is 0 Å². The molecule has 106 valence electrons. The lowest BCUT2D eigenvalue weighted by Crippen LogP contribution is -2.47. The average Bonchev–Trinajstić information content (AvgIpc) is 2.38. The molecular weight excluding hydrogens is 236 g/mol. The molecule has 0 bridgehead atoms. The molecule has 0 spiro atoms. The fourth-order valence-corrected chi connectivity index (χ4v) is 2.89. The largest absolute Gasteiger partial charge is 0.378 e. The molecule has 2 N–H and O–H groups in total. The van der Waals surface area contributed by atoms with Crippen LogP contribution in [0.5, 0.6) is 0 Å². The van der Waals surface area contributed by atoms with Crippen molar-refractivity contribution in [3.05, 3.63) is 34.9 Å². The summed E-state index contributed by atoms with van der Waals surface area (Å²) in [5.41, 5.74) is 10.2. The summed E-state index contributed by atoms with van der Waals surface area (Å²) >= 11 is 0. The van der Waals surface area contributed by atoms with Crippen molar-refractivity contribution in [3.63, 3.8) is 0 Å². The summed E-state index contributed by atoms with van der Waals surface area (Å²) in [7, 11) is 0. The van der Waals surface area contributed by atoms with Gasteiger partial charge in [-0.25, -0.2) is 0 Å². The molecule has 0 saturated carbocycles. The van der Waals surface area contributed by atoms with Gasteiger partial charge in [-0.05, 0) is 25.8 Å². The van der Waals surface area contributed by atoms with Gasteiger partial charge in [0.2, 0.25) is 0 Å². The molecule has 2 unspecified atom stereocenters. The lowest BCUT2D eigenvalue weighted by atomic mass is 10.0.